The second-order valence-corrected chi connectivity index (χ2v) is 5.05. The average molecular weight is 264 g/mol. The molecule has 0 aliphatic heterocycles. The average Bonchev–Trinajstić information content (AvgIpc) is 3.22. The van der Waals surface area contributed by atoms with Crippen molar-refractivity contribution in [1.82, 2.24) is 10.2 Å². The monoisotopic (exact) mass is 264 g/mol. The van der Waals surface area contributed by atoms with E-state index in [9.17, 15) is 9.18 Å². The maximum Gasteiger partial charge on any atom is 0.254 e. The molecule has 0 unspecified atom stereocenters. The van der Waals surface area contributed by atoms with Crippen molar-refractivity contribution in [2.75, 3.05) is 19.6 Å². The van der Waals surface area contributed by atoms with Gasteiger partial charge in [0.2, 0.25) is 0 Å². The smallest absolute Gasteiger partial charge is 0.254 e. The molecule has 0 radical (unpaired) electrons. The molecule has 1 aliphatic carbocycles. The Hall–Kier alpha value is -1.42. The van der Waals surface area contributed by atoms with Gasteiger partial charge in [0.25, 0.3) is 5.91 Å². The summed E-state index contributed by atoms with van der Waals surface area (Å²) in [5, 5.41) is 2.79. The first-order valence-electron chi connectivity index (χ1n) is 6.90. The van der Waals surface area contributed by atoms with Gasteiger partial charge in [-0.15, -0.1) is 0 Å². The summed E-state index contributed by atoms with van der Waals surface area (Å²) in [4.78, 5) is 14.3. The van der Waals surface area contributed by atoms with Crippen molar-refractivity contribution in [3.8, 4) is 0 Å². The van der Waals surface area contributed by atoms with Gasteiger partial charge in [-0.2, -0.15) is 0 Å². The highest BCUT2D eigenvalue weighted by Crippen LogP contribution is 2.25. The number of carbonyl (C=O) groups excluding carboxylic acids is 1. The molecule has 1 aromatic carbocycles. The maximum absolute atomic E-state index is 13.8. The molecule has 4 heteroatoms. The van der Waals surface area contributed by atoms with Gasteiger partial charge >= 0.3 is 0 Å². The van der Waals surface area contributed by atoms with Gasteiger partial charge in [-0.1, -0.05) is 19.1 Å². The number of aryl methyl sites for hydroxylation is 1. The molecule has 0 heterocycles. The van der Waals surface area contributed by atoms with Crippen LogP contribution in [0.25, 0.3) is 0 Å². The Bertz CT molecular complexity index is 457. The van der Waals surface area contributed by atoms with Gasteiger partial charge < -0.3 is 5.32 Å². The van der Waals surface area contributed by atoms with Crippen molar-refractivity contribution in [1.29, 1.82) is 0 Å². The van der Waals surface area contributed by atoms with E-state index in [1.165, 1.54) is 18.9 Å². The standard InChI is InChI=1S/C15H21FN2O/c1-3-18(12-7-8-12)10-9-17-15(19)13-6-4-5-11(2)14(13)16/h4-6,12H,3,7-10H2,1-2H3,(H,17,19). The Morgan fingerprint density at radius 2 is 2.21 bits per heavy atom. The van der Waals surface area contributed by atoms with Gasteiger partial charge in [0.05, 0.1) is 5.56 Å². The van der Waals surface area contributed by atoms with Gasteiger partial charge in [0, 0.05) is 19.1 Å². The zero-order valence-corrected chi connectivity index (χ0v) is 11.6. The molecule has 104 valence electrons. The van der Waals surface area contributed by atoms with Gasteiger partial charge in [-0.3, -0.25) is 9.69 Å². The maximum atomic E-state index is 13.8. The van der Waals surface area contributed by atoms with Crippen molar-refractivity contribution < 1.29 is 9.18 Å². The molecule has 2 rings (SSSR count). The molecular weight excluding hydrogens is 243 g/mol. The summed E-state index contributed by atoms with van der Waals surface area (Å²) >= 11 is 0. The fraction of sp³-hybridized carbons (Fsp3) is 0.533. The van der Waals surface area contributed by atoms with E-state index in [0.717, 1.165) is 13.1 Å². The lowest BCUT2D eigenvalue weighted by atomic mass is 10.1. The molecule has 1 saturated carbocycles. The first kappa shape index (κ1) is 14.0. The Morgan fingerprint density at radius 3 is 2.84 bits per heavy atom. The number of hydrogen-bond acceptors (Lipinski definition) is 2. The van der Waals surface area contributed by atoms with Crippen LogP contribution >= 0.6 is 0 Å². The molecule has 1 aromatic rings. The van der Waals surface area contributed by atoms with E-state index in [0.29, 0.717) is 18.2 Å². The Kier molecular flexibility index (Phi) is 4.53. The molecule has 0 bridgehead atoms. The topological polar surface area (TPSA) is 32.3 Å². The number of nitrogens with zero attached hydrogens (tertiary/aromatic N) is 1. The van der Waals surface area contributed by atoms with E-state index in [-0.39, 0.29) is 11.5 Å². The van der Waals surface area contributed by atoms with Crippen LogP contribution in [0.15, 0.2) is 18.2 Å². The van der Waals surface area contributed by atoms with Crippen LogP contribution in [-0.2, 0) is 0 Å². The van der Waals surface area contributed by atoms with Crippen LogP contribution in [0.1, 0.15) is 35.7 Å². The highest BCUT2D eigenvalue weighted by Gasteiger charge is 2.27. The zero-order chi connectivity index (χ0) is 13.8. The van der Waals surface area contributed by atoms with Crippen LogP contribution < -0.4 is 5.32 Å². The number of carbonyl (C=O) groups is 1. The van der Waals surface area contributed by atoms with E-state index < -0.39 is 5.82 Å². The minimum Gasteiger partial charge on any atom is -0.351 e. The summed E-state index contributed by atoms with van der Waals surface area (Å²) in [5.41, 5.74) is 0.635. The predicted octanol–water partition coefficient (Wildman–Crippen LogP) is 2.35. The number of amides is 1. The number of rotatable bonds is 6. The largest absolute Gasteiger partial charge is 0.351 e. The second-order valence-electron chi connectivity index (χ2n) is 5.05. The summed E-state index contributed by atoms with van der Waals surface area (Å²) in [5.74, 6) is -0.748. The van der Waals surface area contributed by atoms with Crippen molar-refractivity contribution in [3.05, 3.63) is 35.1 Å². The van der Waals surface area contributed by atoms with Gasteiger partial charge in [-0.05, 0) is 37.9 Å². The van der Waals surface area contributed by atoms with E-state index in [1.54, 1.807) is 19.1 Å². The SMILES string of the molecule is CCN(CCNC(=O)c1cccc(C)c1F)C1CC1. The van der Waals surface area contributed by atoms with Crippen molar-refractivity contribution in [2.24, 2.45) is 0 Å². The molecule has 3 nitrogen and oxygen atoms in total. The quantitative estimate of drug-likeness (QED) is 0.855. The second kappa shape index (κ2) is 6.15. The van der Waals surface area contributed by atoms with Crippen LogP contribution in [0, 0.1) is 12.7 Å². The number of hydrogen-bond donors (Lipinski definition) is 1. The number of likely N-dealkylation sites (N-methyl/N-ethyl adjacent to an activating group) is 1. The molecule has 0 aromatic heterocycles. The lowest BCUT2D eigenvalue weighted by Crippen LogP contribution is -2.36. The summed E-state index contributed by atoms with van der Waals surface area (Å²) in [6, 6.07) is 5.59. The number of benzene rings is 1. The van der Waals surface area contributed by atoms with E-state index in [4.69, 9.17) is 0 Å². The third-order valence-corrected chi connectivity index (χ3v) is 3.59. The molecule has 0 atom stereocenters. The molecular formula is C15H21FN2O. The number of halogens is 1. The minimum atomic E-state index is -0.422. The molecule has 1 fully saturated rings. The van der Waals surface area contributed by atoms with Crippen LogP contribution in [-0.4, -0.2) is 36.5 Å². The Morgan fingerprint density at radius 1 is 1.47 bits per heavy atom. The Balaban J connectivity index is 1.85. The molecule has 1 amide bonds. The zero-order valence-electron chi connectivity index (χ0n) is 11.6. The van der Waals surface area contributed by atoms with E-state index in [2.05, 4.69) is 17.1 Å². The predicted molar refractivity (Wildman–Crippen MR) is 73.7 cm³/mol. The van der Waals surface area contributed by atoms with E-state index >= 15 is 0 Å². The van der Waals surface area contributed by atoms with E-state index in [1.807, 2.05) is 0 Å². The van der Waals surface area contributed by atoms with Gasteiger partial charge in [0.15, 0.2) is 0 Å². The summed E-state index contributed by atoms with van der Waals surface area (Å²) in [6.45, 7) is 6.19. The fourth-order valence-corrected chi connectivity index (χ4v) is 2.27. The number of nitrogens with one attached hydrogen (secondary N) is 1. The first-order valence-corrected chi connectivity index (χ1v) is 6.90. The molecule has 1 N–H and O–H groups in total. The van der Waals surface area contributed by atoms with Gasteiger partial charge in [-0.25, -0.2) is 4.39 Å². The minimum absolute atomic E-state index is 0.134. The van der Waals surface area contributed by atoms with Crippen LogP contribution in [0.4, 0.5) is 4.39 Å². The highest BCUT2D eigenvalue weighted by atomic mass is 19.1. The summed E-state index contributed by atoms with van der Waals surface area (Å²) in [6.07, 6.45) is 2.52. The summed E-state index contributed by atoms with van der Waals surface area (Å²) in [7, 11) is 0. The van der Waals surface area contributed by atoms with Crippen molar-refractivity contribution in [2.45, 2.75) is 32.7 Å². The van der Waals surface area contributed by atoms with Crippen LogP contribution in [0.2, 0.25) is 0 Å². The molecule has 0 saturated heterocycles. The lowest BCUT2D eigenvalue weighted by molar-refractivity contribution is 0.0943. The van der Waals surface area contributed by atoms with Gasteiger partial charge in [0.1, 0.15) is 5.82 Å². The summed E-state index contributed by atoms with van der Waals surface area (Å²) < 4.78 is 13.8. The molecule has 1 aliphatic rings. The van der Waals surface area contributed by atoms with Crippen LogP contribution in [0.5, 0.6) is 0 Å². The normalized spacial score (nSPS) is 14.7. The third-order valence-electron chi connectivity index (χ3n) is 3.59. The third kappa shape index (κ3) is 3.53. The fourth-order valence-electron chi connectivity index (χ4n) is 2.27. The Labute approximate surface area is 113 Å². The first-order chi connectivity index (χ1) is 9.13. The highest BCUT2D eigenvalue weighted by molar-refractivity contribution is 5.94. The van der Waals surface area contributed by atoms with Crippen molar-refractivity contribution in [3.63, 3.8) is 0 Å². The van der Waals surface area contributed by atoms with Crippen molar-refractivity contribution >= 4 is 5.91 Å². The lowest BCUT2D eigenvalue weighted by Gasteiger charge is -2.19. The molecule has 0 spiro atoms. The van der Waals surface area contributed by atoms with Crippen LogP contribution in [0.3, 0.4) is 0 Å². The molecule has 19 heavy (non-hydrogen) atoms.